The summed E-state index contributed by atoms with van der Waals surface area (Å²) in [5, 5.41) is 16.8. The van der Waals surface area contributed by atoms with Crippen LogP contribution in [0.4, 0.5) is 4.79 Å². The Bertz CT molecular complexity index is 807. The van der Waals surface area contributed by atoms with Crippen molar-refractivity contribution < 1.29 is 14.7 Å². The zero-order valence-electron chi connectivity index (χ0n) is 20.2. The summed E-state index contributed by atoms with van der Waals surface area (Å²) in [6, 6.07) is 10.5. The van der Waals surface area contributed by atoms with E-state index in [9.17, 15) is 14.7 Å². The van der Waals surface area contributed by atoms with Gasteiger partial charge in [-0.15, -0.1) is 0 Å². The number of nitrogens with zero attached hydrogens (tertiary/aromatic N) is 2. The van der Waals surface area contributed by atoms with Crippen LogP contribution in [-0.2, 0) is 10.3 Å². The van der Waals surface area contributed by atoms with Crippen molar-refractivity contribution in [2.75, 3.05) is 33.7 Å². The highest BCUT2D eigenvalue weighted by molar-refractivity contribution is 14.1. The molecule has 2 saturated carbocycles. The van der Waals surface area contributed by atoms with Crippen molar-refractivity contribution in [2.45, 2.75) is 69.4 Å². The van der Waals surface area contributed by atoms with Gasteiger partial charge in [-0.2, -0.15) is 0 Å². The zero-order chi connectivity index (χ0) is 24.1. The summed E-state index contributed by atoms with van der Waals surface area (Å²) < 4.78 is 1.61. The Morgan fingerprint density at radius 2 is 1.67 bits per heavy atom. The van der Waals surface area contributed by atoms with Gasteiger partial charge in [0.05, 0.1) is 35.0 Å². The average molecular weight is 571 g/mol. The van der Waals surface area contributed by atoms with Crippen LogP contribution < -0.4 is 10.6 Å². The molecule has 0 aliphatic heterocycles. The molecular weight excluding hydrogens is 531 g/mol. The van der Waals surface area contributed by atoms with Crippen LogP contribution in [0, 0.1) is 5.41 Å². The molecule has 0 heterocycles. The maximum absolute atomic E-state index is 13.4. The molecule has 0 aromatic heterocycles. The van der Waals surface area contributed by atoms with Crippen molar-refractivity contribution in [2.24, 2.45) is 5.41 Å². The molecule has 0 spiro atoms. The van der Waals surface area contributed by atoms with Crippen molar-refractivity contribution in [3.05, 3.63) is 35.9 Å². The molecule has 3 rings (SSSR count). The highest BCUT2D eigenvalue weighted by atomic mass is 127. The number of carbonyl (C=O) groups excluding carboxylic acids is 2. The number of urea groups is 1. The van der Waals surface area contributed by atoms with E-state index in [-0.39, 0.29) is 29.3 Å². The molecule has 8 heteroatoms. The third-order valence-electron chi connectivity index (χ3n) is 7.77. The number of nitrogens with one attached hydrogen (secondary N) is 2. The highest BCUT2D eigenvalue weighted by Crippen LogP contribution is 2.46. The van der Waals surface area contributed by atoms with E-state index in [0.29, 0.717) is 19.6 Å². The Kier molecular flexibility index (Phi) is 8.66. The van der Waals surface area contributed by atoms with Crippen LogP contribution in [0.25, 0.3) is 0 Å². The number of rotatable bonds is 9. The number of hydrogen-bond donors (Lipinski definition) is 3. The number of hydrogen-bond acceptors (Lipinski definition) is 4. The minimum absolute atomic E-state index is 0.0294. The predicted molar refractivity (Wildman–Crippen MR) is 139 cm³/mol. The van der Waals surface area contributed by atoms with Crippen molar-refractivity contribution >= 4 is 34.8 Å². The standard InChI is InChI=1S/C25H39IN4O3/c1-23(13-15-25(28-3,16-14-23)20-8-5-4-6-9-20)18-29(17-10-21(31)27-2)22(32)30(26)19-24(33)11-7-12-24/h4-6,8-9,28,33H,7,10-19H2,1-3H3,(H,27,31)/t23-,25-. The number of carbonyl (C=O) groups is 2. The van der Waals surface area contributed by atoms with E-state index in [1.807, 2.05) is 40.9 Å². The first-order valence-corrected chi connectivity index (χ1v) is 13.0. The Balaban J connectivity index is 1.69. The van der Waals surface area contributed by atoms with E-state index in [0.717, 1.165) is 44.9 Å². The van der Waals surface area contributed by atoms with Crippen molar-refractivity contribution in [1.82, 2.24) is 18.6 Å². The summed E-state index contributed by atoms with van der Waals surface area (Å²) in [5.41, 5.74) is 0.480. The number of amides is 3. The fourth-order valence-corrected chi connectivity index (χ4v) is 6.11. The lowest BCUT2D eigenvalue weighted by atomic mass is 9.66. The Hall–Kier alpha value is -1.39. The number of halogens is 1. The van der Waals surface area contributed by atoms with Gasteiger partial charge in [0.1, 0.15) is 0 Å². The quantitative estimate of drug-likeness (QED) is 0.312. The van der Waals surface area contributed by atoms with Gasteiger partial charge in [-0.3, -0.25) is 7.91 Å². The van der Waals surface area contributed by atoms with Gasteiger partial charge in [0, 0.05) is 32.1 Å². The topological polar surface area (TPSA) is 84.9 Å². The van der Waals surface area contributed by atoms with E-state index < -0.39 is 5.60 Å². The van der Waals surface area contributed by atoms with Crippen molar-refractivity contribution in [1.29, 1.82) is 0 Å². The highest BCUT2D eigenvalue weighted by Gasteiger charge is 2.43. The predicted octanol–water partition coefficient (Wildman–Crippen LogP) is 3.81. The largest absolute Gasteiger partial charge is 0.388 e. The molecule has 184 valence electrons. The van der Waals surface area contributed by atoms with Crippen LogP contribution in [0.1, 0.15) is 63.9 Å². The number of benzene rings is 1. The first-order chi connectivity index (χ1) is 15.6. The molecule has 3 N–H and O–H groups in total. The zero-order valence-corrected chi connectivity index (χ0v) is 22.4. The molecule has 2 aliphatic carbocycles. The maximum Gasteiger partial charge on any atom is 0.328 e. The second-order valence-electron chi connectivity index (χ2n) is 10.2. The van der Waals surface area contributed by atoms with E-state index >= 15 is 0 Å². The molecule has 1 aromatic carbocycles. The molecule has 33 heavy (non-hydrogen) atoms. The monoisotopic (exact) mass is 570 g/mol. The summed E-state index contributed by atoms with van der Waals surface area (Å²) in [5.74, 6) is -0.0718. The number of aliphatic hydroxyl groups is 1. The molecule has 7 nitrogen and oxygen atoms in total. The third-order valence-corrected chi connectivity index (χ3v) is 8.53. The van der Waals surface area contributed by atoms with E-state index in [2.05, 4.69) is 41.8 Å². The molecule has 2 aliphatic rings. The fourth-order valence-electron chi connectivity index (χ4n) is 5.17. The van der Waals surface area contributed by atoms with Crippen molar-refractivity contribution in [3.63, 3.8) is 0 Å². The van der Waals surface area contributed by atoms with Crippen LogP contribution in [-0.4, -0.2) is 64.4 Å². The van der Waals surface area contributed by atoms with E-state index in [1.165, 1.54) is 5.56 Å². The minimum Gasteiger partial charge on any atom is -0.388 e. The fraction of sp³-hybridized carbons (Fsp3) is 0.680. The van der Waals surface area contributed by atoms with Crippen LogP contribution >= 0.6 is 22.9 Å². The lowest BCUT2D eigenvalue weighted by molar-refractivity contribution is -0.120. The molecule has 0 unspecified atom stereocenters. The van der Waals surface area contributed by atoms with Gasteiger partial charge in [0.15, 0.2) is 0 Å². The molecule has 0 radical (unpaired) electrons. The molecule has 1 aromatic rings. The Morgan fingerprint density at radius 1 is 1.03 bits per heavy atom. The van der Waals surface area contributed by atoms with Gasteiger partial charge in [0.2, 0.25) is 5.91 Å². The van der Waals surface area contributed by atoms with Crippen LogP contribution in [0.2, 0.25) is 0 Å². The first-order valence-electron chi connectivity index (χ1n) is 12.0. The maximum atomic E-state index is 13.4. The summed E-state index contributed by atoms with van der Waals surface area (Å²) in [7, 11) is 3.66. The molecule has 0 saturated heterocycles. The van der Waals surface area contributed by atoms with Gasteiger partial charge in [-0.25, -0.2) is 4.79 Å². The van der Waals surface area contributed by atoms with Gasteiger partial charge >= 0.3 is 6.03 Å². The second kappa shape index (κ2) is 10.9. The van der Waals surface area contributed by atoms with Crippen LogP contribution in [0.3, 0.4) is 0 Å². The summed E-state index contributed by atoms with van der Waals surface area (Å²) >= 11 is 2.02. The van der Waals surface area contributed by atoms with Crippen LogP contribution in [0.5, 0.6) is 0 Å². The lowest BCUT2D eigenvalue weighted by Gasteiger charge is -2.47. The molecule has 2 fully saturated rings. The first kappa shape index (κ1) is 26.2. The summed E-state index contributed by atoms with van der Waals surface area (Å²) in [6.45, 7) is 3.57. The minimum atomic E-state index is -0.764. The van der Waals surface area contributed by atoms with E-state index in [1.54, 1.807) is 10.2 Å². The summed E-state index contributed by atoms with van der Waals surface area (Å²) in [6.07, 6.45) is 6.71. The Morgan fingerprint density at radius 3 is 2.18 bits per heavy atom. The molecule has 0 bridgehead atoms. The van der Waals surface area contributed by atoms with Crippen molar-refractivity contribution in [3.8, 4) is 0 Å². The molecule has 3 amide bonds. The van der Waals surface area contributed by atoms with Gasteiger partial charge in [0.25, 0.3) is 0 Å². The molecular formula is C25H39IN4O3. The smallest absolute Gasteiger partial charge is 0.328 e. The molecule has 0 atom stereocenters. The van der Waals surface area contributed by atoms with Gasteiger partial charge < -0.3 is 20.6 Å². The Labute approximate surface area is 212 Å². The van der Waals surface area contributed by atoms with Crippen LogP contribution in [0.15, 0.2) is 30.3 Å². The lowest BCUT2D eigenvalue weighted by Crippen LogP contribution is -2.53. The van der Waals surface area contributed by atoms with E-state index in [4.69, 9.17) is 0 Å². The SMILES string of the molecule is CNC(=O)CCN(C[C@]1(C)CC[C@](NC)(c2ccccc2)CC1)C(=O)N(I)CC1(O)CCC1. The summed E-state index contributed by atoms with van der Waals surface area (Å²) in [4.78, 5) is 27.1. The average Bonchev–Trinajstić information content (AvgIpc) is 2.81. The van der Waals surface area contributed by atoms with Gasteiger partial charge in [-0.1, -0.05) is 37.3 Å². The normalized spacial score (nSPS) is 26.2. The third kappa shape index (κ3) is 6.39. The second-order valence-corrected chi connectivity index (χ2v) is 11.4. The van der Waals surface area contributed by atoms with Gasteiger partial charge in [-0.05, 0) is 63.0 Å².